The van der Waals surface area contributed by atoms with E-state index in [1.807, 2.05) is 0 Å². The van der Waals surface area contributed by atoms with Crippen molar-refractivity contribution in [1.29, 1.82) is 0 Å². The van der Waals surface area contributed by atoms with E-state index < -0.39 is 0 Å². The molecule has 0 aromatic heterocycles. The second-order valence-electron chi connectivity index (χ2n) is 7.56. The molecule has 0 bridgehead atoms. The van der Waals surface area contributed by atoms with Crippen molar-refractivity contribution in [2.45, 2.75) is 104 Å². The Kier molecular flexibility index (Phi) is 11.2. The molecule has 136 valence electrons. The highest BCUT2D eigenvalue weighted by atomic mass is 16.6. The first-order valence-electron chi connectivity index (χ1n) is 10.1. The van der Waals surface area contributed by atoms with Gasteiger partial charge in [0.15, 0.2) is 0 Å². The van der Waals surface area contributed by atoms with Crippen LogP contribution in [0.4, 0.5) is 4.79 Å². The molecule has 0 aliphatic heterocycles. The number of hydrogen-bond donors (Lipinski definition) is 1. The van der Waals surface area contributed by atoms with Crippen LogP contribution in [-0.2, 0) is 4.74 Å². The van der Waals surface area contributed by atoms with Gasteiger partial charge in [-0.25, -0.2) is 4.79 Å². The van der Waals surface area contributed by atoms with Crippen LogP contribution < -0.4 is 5.32 Å². The Balaban J connectivity index is 2.13. The fourth-order valence-electron chi connectivity index (χ4n) is 3.68. The van der Waals surface area contributed by atoms with E-state index in [-0.39, 0.29) is 12.2 Å². The lowest BCUT2D eigenvalue weighted by Crippen LogP contribution is -2.37. The number of ether oxygens (including phenoxy) is 1. The average molecular weight is 326 g/mol. The summed E-state index contributed by atoms with van der Waals surface area (Å²) >= 11 is 0. The maximum atomic E-state index is 12.0. The van der Waals surface area contributed by atoms with E-state index in [9.17, 15) is 4.79 Å². The Morgan fingerprint density at radius 3 is 2.22 bits per heavy atom. The summed E-state index contributed by atoms with van der Waals surface area (Å²) < 4.78 is 5.76. The van der Waals surface area contributed by atoms with Crippen molar-refractivity contribution in [1.82, 2.24) is 5.32 Å². The number of nitrogens with one attached hydrogen (secondary N) is 1. The normalized spacial score (nSPS) is 17.2. The van der Waals surface area contributed by atoms with E-state index in [0.717, 1.165) is 13.0 Å². The molecule has 1 saturated carbocycles. The van der Waals surface area contributed by atoms with Crippen LogP contribution in [0.2, 0.25) is 0 Å². The molecule has 1 N–H and O–H groups in total. The lowest BCUT2D eigenvalue weighted by Gasteiger charge is -2.32. The van der Waals surface area contributed by atoms with Gasteiger partial charge in [0.05, 0.1) is 0 Å². The van der Waals surface area contributed by atoms with Gasteiger partial charge in [0, 0.05) is 6.54 Å². The maximum absolute atomic E-state index is 12.0. The standard InChI is InChI=1S/C20H39NO2/c1-4-5-6-7-8-9-13-16-21-20(22)23-19(17(2)3)18-14-11-10-12-15-18/h17-19H,4-16H2,1-3H3,(H,21,22). The smallest absolute Gasteiger partial charge is 0.407 e. The van der Waals surface area contributed by atoms with Gasteiger partial charge >= 0.3 is 6.09 Å². The molecule has 1 fully saturated rings. The number of carbonyl (C=O) groups is 1. The Morgan fingerprint density at radius 1 is 1.00 bits per heavy atom. The maximum Gasteiger partial charge on any atom is 0.407 e. The highest BCUT2D eigenvalue weighted by molar-refractivity contribution is 5.67. The van der Waals surface area contributed by atoms with Crippen molar-refractivity contribution in [2.75, 3.05) is 6.54 Å². The van der Waals surface area contributed by atoms with Crippen LogP contribution >= 0.6 is 0 Å². The van der Waals surface area contributed by atoms with E-state index in [2.05, 4.69) is 26.1 Å². The molecule has 1 atom stereocenters. The summed E-state index contributed by atoms with van der Waals surface area (Å²) in [7, 11) is 0. The summed E-state index contributed by atoms with van der Waals surface area (Å²) in [6.07, 6.45) is 15.1. The third-order valence-electron chi connectivity index (χ3n) is 5.06. The summed E-state index contributed by atoms with van der Waals surface area (Å²) in [5, 5.41) is 2.95. The third-order valence-corrected chi connectivity index (χ3v) is 5.06. The average Bonchev–Trinajstić information content (AvgIpc) is 2.55. The van der Waals surface area contributed by atoms with Crippen molar-refractivity contribution in [2.24, 2.45) is 11.8 Å². The van der Waals surface area contributed by atoms with Crippen LogP contribution in [0.3, 0.4) is 0 Å². The Bertz CT molecular complexity index is 298. The quantitative estimate of drug-likeness (QED) is 0.468. The van der Waals surface area contributed by atoms with Gasteiger partial charge < -0.3 is 10.1 Å². The largest absolute Gasteiger partial charge is 0.446 e. The van der Waals surface area contributed by atoms with Crippen molar-refractivity contribution in [3.05, 3.63) is 0 Å². The van der Waals surface area contributed by atoms with Gasteiger partial charge in [-0.05, 0) is 31.1 Å². The second kappa shape index (κ2) is 12.7. The lowest BCUT2D eigenvalue weighted by atomic mass is 9.81. The van der Waals surface area contributed by atoms with Gasteiger partial charge in [0.25, 0.3) is 0 Å². The topological polar surface area (TPSA) is 38.3 Å². The van der Waals surface area contributed by atoms with E-state index >= 15 is 0 Å². The third kappa shape index (κ3) is 9.22. The number of hydrogen-bond acceptors (Lipinski definition) is 2. The van der Waals surface area contributed by atoms with Gasteiger partial charge in [-0.15, -0.1) is 0 Å². The number of amides is 1. The zero-order valence-corrected chi connectivity index (χ0v) is 15.7. The second-order valence-corrected chi connectivity index (χ2v) is 7.56. The molecule has 0 aromatic rings. The van der Waals surface area contributed by atoms with Gasteiger partial charge in [-0.2, -0.15) is 0 Å². The van der Waals surface area contributed by atoms with Gasteiger partial charge in [0.2, 0.25) is 0 Å². The predicted octanol–water partition coefficient (Wildman–Crippen LogP) is 6.07. The first-order chi connectivity index (χ1) is 11.1. The van der Waals surface area contributed by atoms with Gasteiger partial charge in [-0.1, -0.05) is 78.6 Å². The molecule has 0 radical (unpaired) electrons. The predicted molar refractivity (Wildman–Crippen MR) is 97.7 cm³/mol. The molecular weight excluding hydrogens is 286 g/mol. The minimum atomic E-state index is -0.208. The molecule has 3 heteroatoms. The van der Waals surface area contributed by atoms with E-state index in [1.165, 1.54) is 70.6 Å². The summed E-state index contributed by atoms with van der Waals surface area (Å²) in [6.45, 7) is 7.33. The molecule has 1 unspecified atom stereocenters. The first kappa shape index (κ1) is 20.3. The minimum Gasteiger partial charge on any atom is -0.446 e. The molecule has 0 spiro atoms. The van der Waals surface area contributed by atoms with Crippen LogP contribution in [0.15, 0.2) is 0 Å². The zero-order valence-electron chi connectivity index (χ0n) is 15.7. The molecule has 1 aliphatic carbocycles. The van der Waals surface area contributed by atoms with Crippen molar-refractivity contribution in [3.8, 4) is 0 Å². The highest BCUT2D eigenvalue weighted by Crippen LogP contribution is 2.31. The van der Waals surface area contributed by atoms with Crippen LogP contribution in [0.25, 0.3) is 0 Å². The molecule has 3 nitrogen and oxygen atoms in total. The summed E-state index contributed by atoms with van der Waals surface area (Å²) in [5.41, 5.74) is 0. The number of rotatable bonds is 11. The molecule has 0 aromatic carbocycles. The van der Waals surface area contributed by atoms with Crippen molar-refractivity contribution >= 4 is 6.09 Å². The summed E-state index contributed by atoms with van der Waals surface area (Å²) in [4.78, 5) is 12.0. The van der Waals surface area contributed by atoms with Crippen LogP contribution in [0.1, 0.15) is 97.8 Å². The Labute approximate surface area is 143 Å². The van der Waals surface area contributed by atoms with Crippen LogP contribution in [0.5, 0.6) is 0 Å². The zero-order chi connectivity index (χ0) is 16.9. The van der Waals surface area contributed by atoms with Crippen molar-refractivity contribution < 1.29 is 9.53 Å². The monoisotopic (exact) mass is 325 g/mol. The SMILES string of the molecule is CCCCCCCCCNC(=O)OC(C(C)C)C1CCCCC1. The van der Waals surface area contributed by atoms with Gasteiger partial charge in [-0.3, -0.25) is 0 Å². The van der Waals surface area contributed by atoms with Crippen LogP contribution in [-0.4, -0.2) is 18.7 Å². The minimum absolute atomic E-state index is 0.0874. The summed E-state index contributed by atoms with van der Waals surface area (Å²) in [5.74, 6) is 0.968. The lowest BCUT2D eigenvalue weighted by molar-refractivity contribution is 0.0197. The Hall–Kier alpha value is -0.730. The van der Waals surface area contributed by atoms with E-state index in [0.29, 0.717) is 11.8 Å². The molecular formula is C20H39NO2. The van der Waals surface area contributed by atoms with Crippen molar-refractivity contribution in [3.63, 3.8) is 0 Å². The first-order valence-corrected chi connectivity index (χ1v) is 10.1. The van der Waals surface area contributed by atoms with Gasteiger partial charge in [0.1, 0.15) is 6.10 Å². The number of carbonyl (C=O) groups excluding carboxylic acids is 1. The highest BCUT2D eigenvalue weighted by Gasteiger charge is 2.29. The molecule has 1 rings (SSSR count). The Morgan fingerprint density at radius 2 is 1.61 bits per heavy atom. The van der Waals surface area contributed by atoms with Crippen LogP contribution in [0, 0.1) is 11.8 Å². The fraction of sp³-hybridized carbons (Fsp3) is 0.950. The molecule has 0 heterocycles. The molecule has 1 aliphatic rings. The summed E-state index contributed by atoms with van der Waals surface area (Å²) in [6, 6.07) is 0. The molecule has 0 saturated heterocycles. The number of alkyl carbamates (subject to hydrolysis) is 1. The van der Waals surface area contributed by atoms with E-state index in [4.69, 9.17) is 4.74 Å². The number of unbranched alkanes of at least 4 members (excludes halogenated alkanes) is 6. The molecule has 23 heavy (non-hydrogen) atoms. The molecule has 1 amide bonds. The van der Waals surface area contributed by atoms with E-state index in [1.54, 1.807) is 0 Å². The fourth-order valence-corrected chi connectivity index (χ4v) is 3.68.